The quantitative estimate of drug-likeness (QED) is 0.537. The van der Waals surface area contributed by atoms with Crippen LogP contribution in [0, 0.1) is 0 Å². The van der Waals surface area contributed by atoms with Crippen molar-refractivity contribution in [1.82, 2.24) is 9.97 Å². The maximum Gasteiger partial charge on any atom is 0.160 e. The first-order valence-electron chi connectivity index (χ1n) is 6.42. The van der Waals surface area contributed by atoms with E-state index >= 15 is 0 Å². The monoisotopic (exact) mass is 244 g/mol. The van der Waals surface area contributed by atoms with E-state index in [4.69, 9.17) is 4.98 Å². The summed E-state index contributed by atoms with van der Waals surface area (Å²) in [7, 11) is 0. The van der Waals surface area contributed by atoms with Gasteiger partial charge in [0.15, 0.2) is 5.82 Å². The van der Waals surface area contributed by atoms with Gasteiger partial charge in [0.2, 0.25) is 0 Å². The molecule has 0 fully saturated rings. The van der Waals surface area contributed by atoms with Crippen molar-refractivity contribution in [2.75, 3.05) is 0 Å². The largest absolute Gasteiger partial charge is 0.232 e. The van der Waals surface area contributed by atoms with Crippen LogP contribution in [0.5, 0.6) is 0 Å². The zero-order chi connectivity index (χ0) is 12.7. The molecule has 3 aromatic rings. The Morgan fingerprint density at radius 1 is 0.684 bits per heavy atom. The Morgan fingerprint density at radius 2 is 1.32 bits per heavy atom. The molecule has 0 bridgehead atoms. The average molecular weight is 244 g/mol. The highest BCUT2D eigenvalue weighted by molar-refractivity contribution is 5.72. The molecule has 1 aliphatic rings. The number of rotatable bonds is 2. The molecular weight excluding hydrogens is 232 g/mol. The second kappa shape index (κ2) is 4.02. The van der Waals surface area contributed by atoms with E-state index in [1.807, 2.05) is 24.3 Å². The van der Waals surface area contributed by atoms with Gasteiger partial charge in [-0.1, -0.05) is 60.7 Å². The molecule has 0 unspecified atom stereocenters. The zero-order valence-electron chi connectivity index (χ0n) is 10.4. The van der Waals surface area contributed by atoms with E-state index in [1.165, 1.54) is 16.8 Å². The Bertz CT molecular complexity index is 734. The molecule has 0 radical (unpaired) electrons. The average Bonchev–Trinajstić information content (AvgIpc) is 3.27. The summed E-state index contributed by atoms with van der Waals surface area (Å²) in [4.78, 5) is 9.36. The van der Waals surface area contributed by atoms with Crippen LogP contribution >= 0.6 is 0 Å². The molecule has 4 rings (SSSR count). The lowest BCUT2D eigenvalue weighted by atomic mass is 10.1. The molecule has 2 heteroatoms. The fourth-order valence-electron chi connectivity index (χ4n) is 2.33. The van der Waals surface area contributed by atoms with Gasteiger partial charge in [-0.05, 0) is 0 Å². The van der Waals surface area contributed by atoms with Crippen molar-refractivity contribution in [3.05, 3.63) is 71.9 Å². The number of benzene rings is 2. The van der Waals surface area contributed by atoms with Gasteiger partial charge in [0.1, 0.15) is 0 Å². The Kier molecular flexibility index (Phi) is 2.21. The normalized spacial score (nSPS) is 12.0. The van der Waals surface area contributed by atoms with Crippen molar-refractivity contribution in [2.45, 2.75) is 6.42 Å². The fourth-order valence-corrected chi connectivity index (χ4v) is 2.33. The number of hydrogen-bond donors (Lipinski definition) is 0. The van der Waals surface area contributed by atoms with Crippen LogP contribution in [0.25, 0.3) is 22.6 Å². The summed E-state index contributed by atoms with van der Waals surface area (Å²) < 4.78 is 0. The van der Waals surface area contributed by atoms with Crippen LogP contribution in [0.1, 0.15) is 11.3 Å². The molecule has 1 aromatic heterocycles. The first-order valence-corrected chi connectivity index (χ1v) is 6.42. The van der Waals surface area contributed by atoms with Gasteiger partial charge >= 0.3 is 0 Å². The lowest BCUT2D eigenvalue weighted by Gasteiger charge is -2.03. The van der Waals surface area contributed by atoms with Crippen LogP contribution in [0.3, 0.4) is 0 Å². The van der Waals surface area contributed by atoms with Crippen molar-refractivity contribution in [1.29, 1.82) is 0 Å². The number of fused-ring (bicyclic) bond motifs is 1. The molecule has 90 valence electrons. The third-order valence-corrected chi connectivity index (χ3v) is 3.39. The standard InChI is InChI=1S/C17H12N2/c1-3-7-12(8-4-1)16-14-11-15(14)18-17(19-16)13-9-5-2-6-10-13/h1-10H,11H2. The van der Waals surface area contributed by atoms with Gasteiger partial charge < -0.3 is 0 Å². The zero-order valence-corrected chi connectivity index (χ0v) is 10.4. The summed E-state index contributed by atoms with van der Waals surface area (Å²) in [5.41, 5.74) is 5.83. The molecular formula is C17H12N2. The molecule has 2 nitrogen and oxygen atoms in total. The van der Waals surface area contributed by atoms with Gasteiger partial charge in [0.25, 0.3) is 0 Å². The predicted molar refractivity (Wildman–Crippen MR) is 75.7 cm³/mol. The molecule has 0 spiro atoms. The van der Waals surface area contributed by atoms with Crippen molar-refractivity contribution in [3.63, 3.8) is 0 Å². The second-order valence-electron chi connectivity index (χ2n) is 4.73. The van der Waals surface area contributed by atoms with Crippen LogP contribution < -0.4 is 0 Å². The van der Waals surface area contributed by atoms with Gasteiger partial charge in [0.05, 0.1) is 11.4 Å². The van der Waals surface area contributed by atoms with Crippen molar-refractivity contribution >= 4 is 0 Å². The summed E-state index contributed by atoms with van der Waals surface area (Å²) in [5, 5.41) is 0. The highest BCUT2D eigenvalue weighted by Gasteiger charge is 2.26. The molecule has 0 saturated heterocycles. The van der Waals surface area contributed by atoms with Crippen LogP contribution in [0.4, 0.5) is 0 Å². The highest BCUT2D eigenvalue weighted by Crippen LogP contribution is 2.36. The summed E-state index contributed by atoms with van der Waals surface area (Å²) in [6, 6.07) is 20.5. The topological polar surface area (TPSA) is 25.8 Å². The maximum absolute atomic E-state index is 4.75. The highest BCUT2D eigenvalue weighted by atomic mass is 14.9. The van der Waals surface area contributed by atoms with E-state index < -0.39 is 0 Å². The van der Waals surface area contributed by atoms with Crippen molar-refractivity contribution < 1.29 is 0 Å². The molecule has 0 atom stereocenters. The van der Waals surface area contributed by atoms with Crippen LogP contribution in [-0.2, 0) is 6.42 Å². The lowest BCUT2D eigenvalue weighted by molar-refractivity contribution is 1.19. The number of aromatic nitrogens is 2. The van der Waals surface area contributed by atoms with E-state index in [9.17, 15) is 0 Å². The Hall–Kier alpha value is -2.48. The molecule has 19 heavy (non-hydrogen) atoms. The molecule has 1 aliphatic carbocycles. The van der Waals surface area contributed by atoms with Crippen molar-refractivity contribution in [3.8, 4) is 22.6 Å². The summed E-state index contributed by atoms with van der Waals surface area (Å²) in [6.07, 6.45) is 0.976. The third kappa shape index (κ3) is 1.82. The van der Waals surface area contributed by atoms with Gasteiger partial charge in [-0.25, -0.2) is 9.97 Å². The van der Waals surface area contributed by atoms with Gasteiger partial charge in [0, 0.05) is 23.1 Å². The Morgan fingerprint density at radius 3 is 2.00 bits per heavy atom. The predicted octanol–water partition coefficient (Wildman–Crippen LogP) is 3.71. The van der Waals surface area contributed by atoms with E-state index in [0.29, 0.717) is 0 Å². The van der Waals surface area contributed by atoms with Crippen LogP contribution in [0.15, 0.2) is 60.7 Å². The fraction of sp³-hybridized carbons (Fsp3) is 0.0588. The Labute approximate surface area is 111 Å². The minimum Gasteiger partial charge on any atom is -0.232 e. The molecule has 2 aromatic carbocycles. The molecule has 0 aliphatic heterocycles. The van der Waals surface area contributed by atoms with Gasteiger partial charge in [-0.3, -0.25) is 0 Å². The van der Waals surface area contributed by atoms with E-state index in [2.05, 4.69) is 41.4 Å². The first-order chi connectivity index (χ1) is 9.42. The summed E-state index contributed by atoms with van der Waals surface area (Å²) >= 11 is 0. The van der Waals surface area contributed by atoms with Gasteiger partial charge in [-0.15, -0.1) is 0 Å². The van der Waals surface area contributed by atoms with Crippen molar-refractivity contribution in [2.24, 2.45) is 0 Å². The summed E-state index contributed by atoms with van der Waals surface area (Å²) in [5.74, 6) is 0.829. The molecule has 0 N–H and O–H groups in total. The minimum atomic E-state index is 0.829. The first kappa shape index (κ1) is 10.4. The number of nitrogens with zero attached hydrogens (tertiary/aromatic N) is 2. The van der Waals surface area contributed by atoms with Crippen LogP contribution in [0.2, 0.25) is 0 Å². The smallest absolute Gasteiger partial charge is 0.160 e. The third-order valence-electron chi connectivity index (χ3n) is 3.39. The van der Waals surface area contributed by atoms with E-state index in [0.717, 1.165) is 23.5 Å². The maximum atomic E-state index is 4.75. The van der Waals surface area contributed by atoms with E-state index in [1.54, 1.807) is 0 Å². The number of hydrogen-bond acceptors (Lipinski definition) is 2. The SMILES string of the molecule is c1ccc(-c2nc3c(c(-c4ccccc4)n2)C3)cc1. The molecule has 0 saturated carbocycles. The molecule has 1 heterocycles. The van der Waals surface area contributed by atoms with Gasteiger partial charge in [-0.2, -0.15) is 0 Å². The molecule has 0 amide bonds. The van der Waals surface area contributed by atoms with Crippen LogP contribution in [-0.4, -0.2) is 9.97 Å². The summed E-state index contributed by atoms with van der Waals surface area (Å²) in [6.45, 7) is 0. The lowest BCUT2D eigenvalue weighted by Crippen LogP contribution is -1.91. The van der Waals surface area contributed by atoms with E-state index in [-0.39, 0.29) is 0 Å². The Balaban J connectivity index is 1.87. The second-order valence-corrected chi connectivity index (χ2v) is 4.73. The minimum absolute atomic E-state index is 0.829.